The molecule has 0 spiro atoms. The van der Waals surface area contributed by atoms with Gasteiger partial charge in [0.05, 0.1) is 0 Å². The highest BCUT2D eigenvalue weighted by Crippen LogP contribution is 2.33. The largest absolute Gasteiger partial charge is 0.301 e. The van der Waals surface area contributed by atoms with E-state index in [2.05, 4.69) is 30.3 Å². The van der Waals surface area contributed by atoms with Crippen molar-refractivity contribution in [3.63, 3.8) is 0 Å². The van der Waals surface area contributed by atoms with Gasteiger partial charge in [0.2, 0.25) is 5.28 Å². The Morgan fingerprint density at radius 3 is 2.27 bits per heavy atom. The van der Waals surface area contributed by atoms with Crippen LogP contribution in [-0.2, 0) is 6.54 Å². The smallest absolute Gasteiger partial charge is 0.225 e. The molecule has 1 heterocycles. The summed E-state index contributed by atoms with van der Waals surface area (Å²) in [5, 5.41) is 8.34. The molecule has 0 fully saturated rings. The Labute approximate surface area is 101 Å². The average molecular weight is 248 g/mol. The Kier molecular flexibility index (Phi) is 4.46. The molecule has 0 aliphatic carbocycles. The predicted molar refractivity (Wildman–Crippen MR) is 66.6 cm³/mol. The summed E-state index contributed by atoms with van der Waals surface area (Å²) in [7, 11) is 0. The van der Waals surface area contributed by atoms with Crippen molar-refractivity contribution in [2.45, 2.75) is 44.9 Å². The molecule has 0 radical (unpaired) electrons. The van der Waals surface area contributed by atoms with Gasteiger partial charge < -0.3 is 4.57 Å². The highest BCUT2D eigenvalue weighted by Gasteiger charge is 2.27. The lowest BCUT2D eigenvalue weighted by Gasteiger charge is -2.30. The third kappa shape index (κ3) is 2.67. The number of aromatic nitrogens is 3. The maximum atomic E-state index is 6.00. The normalized spacial score (nSPS) is 12.1. The van der Waals surface area contributed by atoms with Crippen molar-refractivity contribution >= 4 is 23.4 Å². The molecule has 0 amide bonds. The molecule has 1 aromatic rings. The zero-order valence-corrected chi connectivity index (χ0v) is 11.3. The Morgan fingerprint density at radius 2 is 1.93 bits per heavy atom. The van der Waals surface area contributed by atoms with Crippen LogP contribution in [0.1, 0.15) is 32.5 Å². The topological polar surface area (TPSA) is 30.7 Å². The van der Waals surface area contributed by atoms with E-state index in [1.54, 1.807) is 0 Å². The third-order valence-corrected chi connectivity index (χ3v) is 4.91. The van der Waals surface area contributed by atoms with E-state index in [0.29, 0.717) is 5.28 Å². The lowest BCUT2D eigenvalue weighted by atomic mass is 10.0. The number of hydrogen-bond donors (Lipinski definition) is 0. The average Bonchev–Trinajstić information content (AvgIpc) is 2.57. The van der Waals surface area contributed by atoms with Crippen molar-refractivity contribution in [2.24, 2.45) is 0 Å². The van der Waals surface area contributed by atoms with E-state index in [0.717, 1.165) is 25.2 Å². The van der Waals surface area contributed by atoms with Gasteiger partial charge in [0.15, 0.2) is 0 Å². The van der Waals surface area contributed by atoms with E-state index >= 15 is 0 Å². The van der Waals surface area contributed by atoms with Gasteiger partial charge in [-0.15, -0.1) is 10.2 Å². The van der Waals surface area contributed by atoms with Crippen LogP contribution in [0.3, 0.4) is 0 Å². The van der Waals surface area contributed by atoms with Gasteiger partial charge in [-0.2, -0.15) is 11.8 Å². The molecule has 5 heteroatoms. The molecule has 3 nitrogen and oxygen atoms in total. The molecule has 0 atom stereocenters. The van der Waals surface area contributed by atoms with E-state index in [1.807, 2.05) is 23.3 Å². The fraction of sp³-hybridized carbons (Fsp3) is 0.800. The van der Waals surface area contributed by atoms with Gasteiger partial charge in [-0.25, -0.2) is 0 Å². The van der Waals surface area contributed by atoms with Crippen molar-refractivity contribution in [1.29, 1.82) is 0 Å². The van der Waals surface area contributed by atoms with Crippen LogP contribution in [0.4, 0.5) is 0 Å². The number of thioether (sulfide) groups is 1. The van der Waals surface area contributed by atoms with E-state index < -0.39 is 0 Å². The molecule has 0 unspecified atom stereocenters. The summed E-state index contributed by atoms with van der Waals surface area (Å²) in [6.07, 6.45) is 4.40. The van der Waals surface area contributed by atoms with Crippen LogP contribution >= 0.6 is 23.4 Å². The van der Waals surface area contributed by atoms with E-state index in [1.165, 1.54) is 0 Å². The van der Waals surface area contributed by atoms with E-state index in [9.17, 15) is 0 Å². The minimum atomic E-state index is 0.247. The number of aryl methyl sites for hydroxylation is 1. The number of halogens is 1. The first-order chi connectivity index (χ1) is 7.08. The van der Waals surface area contributed by atoms with Gasteiger partial charge in [0.1, 0.15) is 5.82 Å². The molecule has 0 saturated heterocycles. The second-order valence-corrected chi connectivity index (χ2v) is 5.31. The number of rotatable bonds is 5. The molecule has 0 aliphatic heterocycles. The Balaban J connectivity index is 2.92. The maximum Gasteiger partial charge on any atom is 0.225 e. The molecule has 1 rings (SSSR count). The van der Waals surface area contributed by atoms with Gasteiger partial charge in [0.25, 0.3) is 0 Å². The summed E-state index contributed by atoms with van der Waals surface area (Å²) in [5.41, 5.74) is 0. The molecular formula is C10H18ClN3S. The second-order valence-electron chi connectivity index (χ2n) is 3.70. The van der Waals surface area contributed by atoms with Crippen molar-refractivity contribution in [3.05, 3.63) is 11.1 Å². The number of hydrogen-bond acceptors (Lipinski definition) is 3. The minimum absolute atomic E-state index is 0.247. The zero-order chi connectivity index (χ0) is 11.5. The fourth-order valence-corrected chi connectivity index (χ4v) is 2.71. The molecule has 0 aliphatic rings. The van der Waals surface area contributed by atoms with Crippen LogP contribution in [0.25, 0.3) is 0 Å². The third-order valence-electron chi connectivity index (χ3n) is 3.06. The summed E-state index contributed by atoms with van der Waals surface area (Å²) >= 11 is 7.90. The van der Waals surface area contributed by atoms with Crippen LogP contribution in [0.2, 0.25) is 5.28 Å². The van der Waals surface area contributed by atoms with Gasteiger partial charge in [-0.3, -0.25) is 0 Å². The van der Waals surface area contributed by atoms with E-state index in [4.69, 9.17) is 11.6 Å². The molecule has 0 N–H and O–H groups in total. The molecule has 15 heavy (non-hydrogen) atoms. The predicted octanol–water partition coefficient (Wildman–Crippen LogP) is 3.16. The minimum Gasteiger partial charge on any atom is -0.301 e. The quantitative estimate of drug-likeness (QED) is 0.801. The SMILES string of the molecule is CCC(CC)(Cn1c(C)nnc1Cl)SC. The Hall–Kier alpha value is -0.220. The summed E-state index contributed by atoms with van der Waals surface area (Å²) in [6, 6.07) is 0. The summed E-state index contributed by atoms with van der Waals surface area (Å²) in [5.74, 6) is 0.889. The molecule has 0 bridgehead atoms. The van der Waals surface area contributed by atoms with Crippen molar-refractivity contribution in [1.82, 2.24) is 14.8 Å². The fourth-order valence-electron chi connectivity index (χ4n) is 1.65. The summed E-state index contributed by atoms with van der Waals surface area (Å²) in [6.45, 7) is 7.26. The van der Waals surface area contributed by atoms with Gasteiger partial charge >= 0.3 is 0 Å². The Morgan fingerprint density at radius 1 is 1.33 bits per heavy atom. The standard InChI is InChI=1S/C10H18ClN3S/c1-5-10(6-2,15-4)7-14-8(3)12-13-9(14)11/h5-7H2,1-4H3. The Bertz CT molecular complexity index is 293. The molecule has 0 aromatic carbocycles. The van der Waals surface area contributed by atoms with Crippen LogP contribution in [0, 0.1) is 6.92 Å². The molecule has 86 valence electrons. The lowest BCUT2D eigenvalue weighted by molar-refractivity contribution is 0.460. The van der Waals surface area contributed by atoms with Crippen molar-refractivity contribution in [3.8, 4) is 0 Å². The van der Waals surface area contributed by atoms with Crippen LogP contribution < -0.4 is 0 Å². The highest BCUT2D eigenvalue weighted by atomic mass is 35.5. The molecule has 1 aromatic heterocycles. The zero-order valence-electron chi connectivity index (χ0n) is 9.75. The van der Waals surface area contributed by atoms with Gasteiger partial charge in [0, 0.05) is 11.3 Å². The summed E-state index contributed by atoms with van der Waals surface area (Å²) in [4.78, 5) is 0. The first kappa shape index (κ1) is 12.8. The van der Waals surface area contributed by atoms with Crippen LogP contribution in [0.5, 0.6) is 0 Å². The highest BCUT2D eigenvalue weighted by molar-refractivity contribution is 8.00. The van der Waals surface area contributed by atoms with Crippen LogP contribution in [-0.4, -0.2) is 25.8 Å². The van der Waals surface area contributed by atoms with Gasteiger partial charge in [-0.05, 0) is 37.6 Å². The van der Waals surface area contributed by atoms with E-state index in [-0.39, 0.29) is 4.75 Å². The summed E-state index contributed by atoms with van der Waals surface area (Å²) < 4.78 is 2.24. The lowest BCUT2D eigenvalue weighted by Crippen LogP contribution is -2.29. The first-order valence-corrected chi connectivity index (χ1v) is 6.79. The first-order valence-electron chi connectivity index (χ1n) is 5.19. The van der Waals surface area contributed by atoms with Gasteiger partial charge in [-0.1, -0.05) is 13.8 Å². The maximum absolute atomic E-state index is 6.00. The molecule has 0 saturated carbocycles. The molecular weight excluding hydrogens is 230 g/mol. The number of nitrogens with zero attached hydrogens (tertiary/aromatic N) is 3. The van der Waals surface area contributed by atoms with Crippen molar-refractivity contribution < 1.29 is 0 Å². The monoisotopic (exact) mass is 247 g/mol. The second kappa shape index (κ2) is 5.21. The van der Waals surface area contributed by atoms with Crippen LogP contribution in [0.15, 0.2) is 0 Å². The van der Waals surface area contributed by atoms with Crippen molar-refractivity contribution in [2.75, 3.05) is 6.26 Å².